The van der Waals surface area contributed by atoms with E-state index in [9.17, 15) is 4.79 Å². The van der Waals surface area contributed by atoms with Crippen molar-refractivity contribution in [3.05, 3.63) is 53.7 Å². The molecule has 5 nitrogen and oxygen atoms in total. The maximum atomic E-state index is 12.8. The Bertz CT molecular complexity index is 745. The van der Waals surface area contributed by atoms with Crippen molar-refractivity contribution >= 4 is 11.7 Å². The Morgan fingerprint density at radius 3 is 2.93 bits per heavy atom. The van der Waals surface area contributed by atoms with Crippen molar-refractivity contribution in [3.63, 3.8) is 0 Å². The van der Waals surface area contributed by atoms with E-state index in [0.29, 0.717) is 11.6 Å². The molecule has 0 radical (unpaired) electrons. The summed E-state index contributed by atoms with van der Waals surface area (Å²) in [6.07, 6.45) is 7.02. The number of likely N-dealkylation sites (tertiary alicyclic amines) is 1. The molecule has 5 heteroatoms. The van der Waals surface area contributed by atoms with Crippen LogP contribution in [0.2, 0.25) is 0 Å². The van der Waals surface area contributed by atoms with E-state index >= 15 is 0 Å². The Kier molecular flexibility index (Phi) is 6.69. The Hall–Kier alpha value is -2.56. The number of hydrogen-bond donors (Lipinski definition) is 1. The van der Waals surface area contributed by atoms with Crippen molar-refractivity contribution in [1.29, 1.82) is 0 Å². The maximum Gasteiger partial charge on any atom is 0.255 e. The summed E-state index contributed by atoms with van der Waals surface area (Å²) >= 11 is 0. The minimum absolute atomic E-state index is 0.108. The predicted molar refractivity (Wildman–Crippen MR) is 108 cm³/mol. The van der Waals surface area contributed by atoms with E-state index in [1.165, 1.54) is 12.0 Å². The molecule has 144 valence electrons. The van der Waals surface area contributed by atoms with E-state index in [-0.39, 0.29) is 5.91 Å². The number of methoxy groups -OCH3 is 1. The minimum atomic E-state index is 0.108. The lowest BCUT2D eigenvalue weighted by atomic mass is 9.99. The Labute approximate surface area is 161 Å². The number of pyridine rings is 1. The first-order valence-electron chi connectivity index (χ1n) is 9.85. The fraction of sp³-hybridized carbons (Fsp3) is 0.455. The molecule has 0 bridgehead atoms. The molecule has 0 spiro atoms. The van der Waals surface area contributed by atoms with Crippen molar-refractivity contribution in [2.45, 2.75) is 45.1 Å². The normalized spacial score (nSPS) is 16.8. The van der Waals surface area contributed by atoms with Gasteiger partial charge in [0.2, 0.25) is 0 Å². The summed E-state index contributed by atoms with van der Waals surface area (Å²) in [4.78, 5) is 19.2. The van der Waals surface area contributed by atoms with Crippen LogP contribution in [0.25, 0.3) is 0 Å². The average molecular weight is 367 g/mol. The zero-order chi connectivity index (χ0) is 19.1. The van der Waals surface area contributed by atoms with E-state index in [1.807, 2.05) is 35.2 Å². The van der Waals surface area contributed by atoms with Gasteiger partial charge in [0.15, 0.2) is 0 Å². The predicted octanol–water partition coefficient (Wildman–Crippen LogP) is 4.15. The van der Waals surface area contributed by atoms with Gasteiger partial charge >= 0.3 is 0 Å². The molecule has 0 saturated carbocycles. The van der Waals surface area contributed by atoms with Crippen LogP contribution in [0.15, 0.2) is 42.6 Å². The zero-order valence-electron chi connectivity index (χ0n) is 16.3. The lowest BCUT2D eigenvalue weighted by Gasteiger charge is -2.35. The number of hydrogen-bond acceptors (Lipinski definition) is 4. The minimum Gasteiger partial charge on any atom is -0.497 e. The first-order chi connectivity index (χ1) is 13.2. The second-order valence-electron chi connectivity index (χ2n) is 7.02. The lowest BCUT2D eigenvalue weighted by Crippen LogP contribution is -2.43. The van der Waals surface area contributed by atoms with Crippen LogP contribution in [-0.4, -0.2) is 42.0 Å². The standard InChI is InChI=1S/C22H29N3O2/c1-3-19-8-4-5-14-25(19)22(26)18-10-11-21(24-16-18)23-13-12-17-7-6-9-20(15-17)27-2/h6-7,9-11,15-16,19H,3-5,8,12-14H2,1-2H3,(H,23,24). The van der Waals surface area contributed by atoms with E-state index in [2.05, 4.69) is 23.3 Å². The summed E-state index contributed by atoms with van der Waals surface area (Å²) in [5.74, 6) is 1.77. The van der Waals surface area contributed by atoms with Crippen molar-refractivity contribution in [2.75, 3.05) is 25.5 Å². The Morgan fingerprint density at radius 2 is 2.19 bits per heavy atom. The van der Waals surface area contributed by atoms with Gasteiger partial charge in [-0.15, -0.1) is 0 Å². The largest absolute Gasteiger partial charge is 0.497 e. The van der Waals surface area contributed by atoms with Crippen LogP contribution in [0.5, 0.6) is 5.75 Å². The molecule has 1 amide bonds. The van der Waals surface area contributed by atoms with Gasteiger partial charge in [0, 0.05) is 25.3 Å². The van der Waals surface area contributed by atoms with E-state index < -0.39 is 0 Å². The Morgan fingerprint density at radius 1 is 1.30 bits per heavy atom. The van der Waals surface area contributed by atoms with Gasteiger partial charge < -0.3 is 15.0 Å². The number of carbonyl (C=O) groups excluding carboxylic acids is 1. The van der Waals surface area contributed by atoms with Crippen LogP contribution in [0.3, 0.4) is 0 Å². The highest BCUT2D eigenvalue weighted by atomic mass is 16.5. The maximum absolute atomic E-state index is 12.8. The van der Waals surface area contributed by atoms with Gasteiger partial charge in [0.1, 0.15) is 11.6 Å². The first-order valence-corrected chi connectivity index (χ1v) is 9.85. The van der Waals surface area contributed by atoms with Gasteiger partial charge in [-0.25, -0.2) is 4.98 Å². The van der Waals surface area contributed by atoms with Gasteiger partial charge in [-0.2, -0.15) is 0 Å². The average Bonchev–Trinajstić information content (AvgIpc) is 2.74. The zero-order valence-corrected chi connectivity index (χ0v) is 16.3. The molecule has 1 aliphatic rings. The molecule has 1 unspecified atom stereocenters. The molecule has 1 aromatic heterocycles. The molecule has 1 fully saturated rings. The summed E-state index contributed by atoms with van der Waals surface area (Å²) in [6.45, 7) is 3.79. The first kappa shape index (κ1) is 19.2. The van der Waals surface area contributed by atoms with Crippen molar-refractivity contribution < 1.29 is 9.53 Å². The number of piperidine rings is 1. The molecule has 2 heterocycles. The van der Waals surface area contributed by atoms with Gasteiger partial charge in [-0.05, 0) is 61.9 Å². The highest BCUT2D eigenvalue weighted by Crippen LogP contribution is 2.22. The van der Waals surface area contributed by atoms with E-state index in [4.69, 9.17) is 4.74 Å². The molecule has 3 rings (SSSR count). The molecular weight excluding hydrogens is 338 g/mol. The molecule has 1 atom stereocenters. The second kappa shape index (κ2) is 9.40. The molecule has 27 heavy (non-hydrogen) atoms. The lowest BCUT2D eigenvalue weighted by molar-refractivity contribution is 0.0607. The number of benzene rings is 1. The van der Waals surface area contributed by atoms with Gasteiger partial charge in [0.05, 0.1) is 12.7 Å². The third kappa shape index (κ3) is 5.00. The number of aromatic nitrogens is 1. The number of carbonyl (C=O) groups is 1. The van der Waals surface area contributed by atoms with Crippen LogP contribution in [0.1, 0.15) is 48.5 Å². The quantitative estimate of drug-likeness (QED) is 0.799. The summed E-state index contributed by atoms with van der Waals surface area (Å²) in [5.41, 5.74) is 1.89. The van der Waals surface area contributed by atoms with Crippen molar-refractivity contribution in [1.82, 2.24) is 9.88 Å². The third-order valence-corrected chi connectivity index (χ3v) is 5.22. The molecule has 2 aromatic rings. The summed E-state index contributed by atoms with van der Waals surface area (Å²) in [5, 5.41) is 3.32. The number of nitrogens with one attached hydrogen (secondary N) is 1. The fourth-order valence-electron chi connectivity index (χ4n) is 3.65. The van der Waals surface area contributed by atoms with Crippen molar-refractivity contribution in [3.8, 4) is 5.75 Å². The van der Waals surface area contributed by atoms with Gasteiger partial charge in [0.25, 0.3) is 5.91 Å². The second-order valence-corrected chi connectivity index (χ2v) is 7.02. The number of amides is 1. The summed E-state index contributed by atoms with van der Waals surface area (Å²) < 4.78 is 5.25. The number of ether oxygens (including phenoxy) is 1. The molecule has 1 N–H and O–H groups in total. The van der Waals surface area contributed by atoms with E-state index in [0.717, 1.165) is 50.3 Å². The summed E-state index contributed by atoms with van der Waals surface area (Å²) in [7, 11) is 1.68. The van der Waals surface area contributed by atoms with Crippen LogP contribution in [0.4, 0.5) is 5.82 Å². The summed E-state index contributed by atoms with van der Waals surface area (Å²) in [6, 6.07) is 12.2. The molecule has 0 aliphatic carbocycles. The van der Waals surface area contributed by atoms with Crippen LogP contribution < -0.4 is 10.1 Å². The van der Waals surface area contributed by atoms with Crippen LogP contribution in [-0.2, 0) is 6.42 Å². The number of anilines is 1. The van der Waals surface area contributed by atoms with Crippen LogP contribution >= 0.6 is 0 Å². The molecule has 1 saturated heterocycles. The molecule has 1 aromatic carbocycles. The van der Waals surface area contributed by atoms with Gasteiger partial charge in [-0.3, -0.25) is 4.79 Å². The Balaban J connectivity index is 1.54. The van der Waals surface area contributed by atoms with E-state index in [1.54, 1.807) is 13.3 Å². The third-order valence-electron chi connectivity index (χ3n) is 5.22. The van der Waals surface area contributed by atoms with Crippen LogP contribution in [0, 0.1) is 0 Å². The van der Waals surface area contributed by atoms with Gasteiger partial charge in [-0.1, -0.05) is 19.1 Å². The molecule has 1 aliphatic heterocycles. The smallest absolute Gasteiger partial charge is 0.255 e. The topological polar surface area (TPSA) is 54.5 Å². The number of nitrogens with zero attached hydrogens (tertiary/aromatic N) is 2. The highest BCUT2D eigenvalue weighted by molar-refractivity contribution is 5.94. The fourth-order valence-corrected chi connectivity index (χ4v) is 3.65. The SMILES string of the molecule is CCC1CCCCN1C(=O)c1ccc(NCCc2cccc(OC)c2)nc1. The molecular formula is C22H29N3O2. The van der Waals surface area contributed by atoms with Crippen molar-refractivity contribution in [2.24, 2.45) is 0 Å². The highest BCUT2D eigenvalue weighted by Gasteiger charge is 2.26. The number of rotatable bonds is 7. The monoisotopic (exact) mass is 367 g/mol.